The van der Waals surface area contributed by atoms with E-state index in [1.54, 1.807) is 6.20 Å². The van der Waals surface area contributed by atoms with Crippen LogP contribution in [0.1, 0.15) is 18.2 Å². The van der Waals surface area contributed by atoms with Gasteiger partial charge in [-0.25, -0.2) is 0 Å². The molecule has 4 nitrogen and oxygen atoms in total. The second kappa shape index (κ2) is 5.65. The lowest BCUT2D eigenvalue weighted by atomic mass is 10.1. The van der Waals surface area contributed by atoms with Crippen molar-refractivity contribution in [1.29, 1.82) is 0 Å². The Kier molecular flexibility index (Phi) is 3.54. The van der Waals surface area contributed by atoms with Crippen LogP contribution in [0.15, 0.2) is 48.8 Å². The minimum atomic E-state index is 0.694. The van der Waals surface area contributed by atoms with Crippen LogP contribution in [-0.4, -0.2) is 15.2 Å². The highest BCUT2D eigenvalue weighted by Crippen LogP contribution is 2.20. The van der Waals surface area contributed by atoms with Crippen LogP contribution in [0.25, 0.3) is 10.9 Å². The molecule has 0 aliphatic heterocycles. The summed E-state index contributed by atoms with van der Waals surface area (Å²) in [4.78, 5) is 4.45. The molecule has 1 N–H and O–H groups in total. The molecule has 0 bridgehead atoms. The van der Waals surface area contributed by atoms with Crippen molar-refractivity contribution < 1.29 is 0 Å². The van der Waals surface area contributed by atoms with Gasteiger partial charge in [-0.05, 0) is 24.1 Å². The second-order valence-corrected chi connectivity index (χ2v) is 4.59. The van der Waals surface area contributed by atoms with Crippen LogP contribution in [0.3, 0.4) is 0 Å². The Morgan fingerprint density at radius 1 is 1.10 bits per heavy atom. The van der Waals surface area contributed by atoms with Crippen LogP contribution < -0.4 is 5.32 Å². The maximum atomic E-state index is 4.45. The molecule has 4 heteroatoms. The summed E-state index contributed by atoms with van der Waals surface area (Å²) in [5.41, 5.74) is 4.24. The van der Waals surface area contributed by atoms with Gasteiger partial charge in [0, 0.05) is 11.6 Å². The highest BCUT2D eigenvalue weighted by atomic mass is 15.1. The first-order chi connectivity index (χ1) is 9.88. The Hall–Kier alpha value is -2.49. The quantitative estimate of drug-likeness (QED) is 0.786. The largest absolute Gasteiger partial charge is 0.378 e. The van der Waals surface area contributed by atoms with Crippen molar-refractivity contribution in [3.05, 3.63) is 60.0 Å². The van der Waals surface area contributed by atoms with E-state index in [2.05, 4.69) is 33.5 Å². The number of anilines is 1. The highest BCUT2D eigenvalue weighted by molar-refractivity contribution is 5.90. The molecule has 0 aliphatic rings. The summed E-state index contributed by atoms with van der Waals surface area (Å²) in [5.74, 6) is 0. The molecule has 0 aliphatic carbocycles. The summed E-state index contributed by atoms with van der Waals surface area (Å²) in [7, 11) is 0. The summed E-state index contributed by atoms with van der Waals surface area (Å²) in [6.07, 6.45) is 4.58. The molecule has 20 heavy (non-hydrogen) atoms. The van der Waals surface area contributed by atoms with Crippen LogP contribution >= 0.6 is 0 Å². The first-order valence-corrected chi connectivity index (χ1v) is 6.75. The Morgan fingerprint density at radius 2 is 2.00 bits per heavy atom. The maximum Gasteiger partial charge on any atom is 0.0950 e. The number of hydrogen-bond donors (Lipinski definition) is 1. The van der Waals surface area contributed by atoms with Crippen molar-refractivity contribution in [2.75, 3.05) is 5.32 Å². The first kappa shape index (κ1) is 12.5. The monoisotopic (exact) mass is 264 g/mol. The summed E-state index contributed by atoms with van der Waals surface area (Å²) in [6, 6.07) is 12.1. The summed E-state index contributed by atoms with van der Waals surface area (Å²) in [5, 5.41) is 12.7. The van der Waals surface area contributed by atoms with Gasteiger partial charge in [0.2, 0.25) is 0 Å². The molecule has 3 rings (SSSR count). The Balaban J connectivity index is 1.87. The Bertz CT molecular complexity index is 719. The first-order valence-electron chi connectivity index (χ1n) is 6.75. The molecule has 0 atom stereocenters. The number of aryl methyl sites for hydroxylation is 1. The Morgan fingerprint density at radius 3 is 2.90 bits per heavy atom. The minimum Gasteiger partial charge on any atom is -0.378 e. The number of aromatic nitrogens is 3. The lowest BCUT2D eigenvalue weighted by molar-refractivity contribution is 0.968. The van der Waals surface area contributed by atoms with Gasteiger partial charge in [0.15, 0.2) is 0 Å². The third-order valence-corrected chi connectivity index (χ3v) is 3.36. The van der Waals surface area contributed by atoms with Gasteiger partial charge in [0.05, 0.1) is 29.6 Å². The smallest absolute Gasteiger partial charge is 0.0950 e. The highest BCUT2D eigenvalue weighted by Gasteiger charge is 2.04. The van der Waals surface area contributed by atoms with E-state index in [9.17, 15) is 0 Å². The third kappa shape index (κ3) is 2.45. The molecule has 0 radical (unpaired) electrons. The Labute approximate surface area is 117 Å². The molecule has 100 valence electrons. The van der Waals surface area contributed by atoms with E-state index >= 15 is 0 Å². The lowest BCUT2D eigenvalue weighted by Crippen LogP contribution is -2.05. The molecular formula is C16H16N4. The van der Waals surface area contributed by atoms with Crippen LogP contribution in [0.2, 0.25) is 0 Å². The number of pyridine rings is 1. The summed E-state index contributed by atoms with van der Waals surface area (Å²) < 4.78 is 0. The normalized spacial score (nSPS) is 10.7. The molecule has 0 unspecified atom stereocenters. The third-order valence-electron chi connectivity index (χ3n) is 3.36. The maximum absolute atomic E-state index is 4.45. The van der Waals surface area contributed by atoms with Gasteiger partial charge in [0.25, 0.3) is 0 Å². The SMILES string of the molecule is CCc1cccnc1CNc1cnnc2ccccc12. The lowest BCUT2D eigenvalue weighted by Gasteiger charge is -2.10. The number of fused-ring (bicyclic) bond motifs is 1. The van der Waals surface area contributed by atoms with E-state index in [1.165, 1.54) is 5.56 Å². The van der Waals surface area contributed by atoms with Gasteiger partial charge in [-0.15, -0.1) is 0 Å². The van der Waals surface area contributed by atoms with E-state index < -0.39 is 0 Å². The van der Waals surface area contributed by atoms with E-state index in [4.69, 9.17) is 0 Å². The fraction of sp³-hybridized carbons (Fsp3) is 0.188. The van der Waals surface area contributed by atoms with Gasteiger partial charge in [-0.3, -0.25) is 4.98 Å². The molecule has 2 heterocycles. The average Bonchev–Trinajstić information content (AvgIpc) is 2.53. The number of nitrogens with one attached hydrogen (secondary N) is 1. The molecule has 0 saturated heterocycles. The van der Waals surface area contributed by atoms with Gasteiger partial charge in [-0.1, -0.05) is 31.2 Å². The number of nitrogens with zero attached hydrogens (tertiary/aromatic N) is 3. The van der Waals surface area contributed by atoms with Crippen LogP contribution in [-0.2, 0) is 13.0 Å². The molecule has 3 aromatic rings. The summed E-state index contributed by atoms with van der Waals surface area (Å²) >= 11 is 0. The topological polar surface area (TPSA) is 50.7 Å². The van der Waals surface area contributed by atoms with Crippen LogP contribution in [0.4, 0.5) is 5.69 Å². The van der Waals surface area contributed by atoms with E-state index in [-0.39, 0.29) is 0 Å². The van der Waals surface area contributed by atoms with Crippen molar-refractivity contribution in [1.82, 2.24) is 15.2 Å². The second-order valence-electron chi connectivity index (χ2n) is 4.59. The molecule has 0 spiro atoms. The average molecular weight is 264 g/mol. The predicted molar refractivity (Wildman–Crippen MR) is 80.5 cm³/mol. The van der Waals surface area contributed by atoms with Crippen molar-refractivity contribution in [2.24, 2.45) is 0 Å². The number of benzene rings is 1. The van der Waals surface area contributed by atoms with Gasteiger partial charge in [0.1, 0.15) is 0 Å². The van der Waals surface area contributed by atoms with E-state index in [0.717, 1.165) is 28.7 Å². The zero-order valence-electron chi connectivity index (χ0n) is 11.4. The van der Waals surface area contributed by atoms with Crippen LogP contribution in [0.5, 0.6) is 0 Å². The molecule has 1 aromatic carbocycles. The van der Waals surface area contributed by atoms with E-state index in [1.807, 2.05) is 36.5 Å². The molecule has 0 fully saturated rings. The van der Waals surface area contributed by atoms with Gasteiger partial charge in [-0.2, -0.15) is 10.2 Å². The zero-order chi connectivity index (χ0) is 13.8. The molecule has 0 saturated carbocycles. The zero-order valence-corrected chi connectivity index (χ0v) is 11.4. The molecule has 2 aromatic heterocycles. The fourth-order valence-corrected chi connectivity index (χ4v) is 2.28. The van der Waals surface area contributed by atoms with Crippen molar-refractivity contribution in [3.8, 4) is 0 Å². The van der Waals surface area contributed by atoms with Crippen molar-refractivity contribution >= 4 is 16.6 Å². The fourth-order valence-electron chi connectivity index (χ4n) is 2.28. The summed E-state index contributed by atoms with van der Waals surface area (Å²) in [6.45, 7) is 2.84. The van der Waals surface area contributed by atoms with Gasteiger partial charge >= 0.3 is 0 Å². The predicted octanol–water partition coefficient (Wildman–Crippen LogP) is 3.20. The molecular weight excluding hydrogens is 248 g/mol. The van der Waals surface area contributed by atoms with E-state index in [0.29, 0.717) is 6.54 Å². The standard InChI is InChI=1S/C16H16N4/c1-2-12-6-5-9-17-15(12)10-18-16-11-19-20-14-8-4-3-7-13(14)16/h3-9,11H,2,10H2,1H3,(H,18,20). The van der Waals surface area contributed by atoms with Crippen molar-refractivity contribution in [3.63, 3.8) is 0 Å². The minimum absolute atomic E-state index is 0.694. The molecule has 0 amide bonds. The van der Waals surface area contributed by atoms with Gasteiger partial charge < -0.3 is 5.32 Å². The van der Waals surface area contributed by atoms with Crippen molar-refractivity contribution in [2.45, 2.75) is 19.9 Å². The van der Waals surface area contributed by atoms with Crippen LogP contribution in [0, 0.1) is 0 Å². The number of hydrogen-bond acceptors (Lipinski definition) is 4. The number of rotatable bonds is 4.